The van der Waals surface area contributed by atoms with Gasteiger partial charge < -0.3 is 9.84 Å². The molecule has 0 spiro atoms. The molecule has 0 amide bonds. The monoisotopic (exact) mass is 291 g/mol. The zero-order chi connectivity index (χ0) is 15.2. The summed E-state index contributed by atoms with van der Waals surface area (Å²) in [6.45, 7) is 0.510. The summed E-state index contributed by atoms with van der Waals surface area (Å²) < 4.78 is 5.80. The molecule has 22 heavy (non-hydrogen) atoms. The predicted molar refractivity (Wildman–Crippen MR) is 85.5 cm³/mol. The van der Waals surface area contributed by atoms with Crippen LogP contribution >= 0.6 is 0 Å². The van der Waals surface area contributed by atoms with E-state index in [0.717, 1.165) is 22.4 Å². The van der Waals surface area contributed by atoms with Crippen LogP contribution in [0.3, 0.4) is 0 Å². The van der Waals surface area contributed by atoms with Crippen molar-refractivity contribution in [3.8, 4) is 5.75 Å². The maximum absolute atomic E-state index is 10.4. The van der Waals surface area contributed by atoms with Gasteiger partial charge in [0.25, 0.3) is 0 Å². The second kappa shape index (κ2) is 6.87. The first-order valence-corrected chi connectivity index (χ1v) is 7.17. The van der Waals surface area contributed by atoms with E-state index in [-0.39, 0.29) is 0 Å². The third-order valence-electron chi connectivity index (χ3n) is 3.44. The van der Waals surface area contributed by atoms with Gasteiger partial charge in [0.15, 0.2) is 0 Å². The van der Waals surface area contributed by atoms with Gasteiger partial charge in [-0.1, -0.05) is 42.5 Å². The van der Waals surface area contributed by atoms with Crippen LogP contribution in [0.1, 0.15) is 22.8 Å². The van der Waals surface area contributed by atoms with Gasteiger partial charge in [0.2, 0.25) is 0 Å². The summed E-state index contributed by atoms with van der Waals surface area (Å²) in [7, 11) is 0. The van der Waals surface area contributed by atoms with Crippen molar-refractivity contribution in [1.82, 2.24) is 4.98 Å². The van der Waals surface area contributed by atoms with Gasteiger partial charge in [-0.15, -0.1) is 0 Å². The number of aliphatic hydroxyl groups excluding tert-OH is 1. The van der Waals surface area contributed by atoms with Gasteiger partial charge in [-0.3, -0.25) is 4.98 Å². The molecule has 0 aliphatic heterocycles. The highest BCUT2D eigenvalue weighted by Gasteiger charge is 2.10. The molecule has 1 unspecified atom stereocenters. The fourth-order valence-corrected chi connectivity index (χ4v) is 2.25. The average Bonchev–Trinajstić information content (AvgIpc) is 2.61. The molecule has 2 aromatic carbocycles. The molecule has 1 heterocycles. The van der Waals surface area contributed by atoms with Crippen LogP contribution in [0.4, 0.5) is 0 Å². The van der Waals surface area contributed by atoms with Gasteiger partial charge >= 0.3 is 0 Å². The highest BCUT2D eigenvalue weighted by atomic mass is 16.5. The molecule has 0 aliphatic rings. The van der Waals surface area contributed by atoms with Crippen LogP contribution in [0.15, 0.2) is 79.1 Å². The van der Waals surface area contributed by atoms with E-state index in [1.807, 2.05) is 66.7 Å². The minimum atomic E-state index is -0.678. The number of ether oxygens (including phenoxy) is 1. The van der Waals surface area contributed by atoms with E-state index in [9.17, 15) is 5.11 Å². The summed E-state index contributed by atoms with van der Waals surface area (Å²) in [6, 6.07) is 21.2. The number of aromatic nitrogens is 1. The minimum absolute atomic E-state index is 0.510. The number of benzene rings is 2. The van der Waals surface area contributed by atoms with E-state index in [4.69, 9.17) is 4.74 Å². The van der Waals surface area contributed by atoms with Gasteiger partial charge in [-0.05, 0) is 41.0 Å². The van der Waals surface area contributed by atoms with E-state index in [2.05, 4.69) is 4.98 Å². The van der Waals surface area contributed by atoms with Crippen molar-refractivity contribution in [1.29, 1.82) is 0 Å². The third kappa shape index (κ3) is 3.51. The molecule has 3 nitrogen and oxygen atoms in total. The molecule has 0 radical (unpaired) electrons. The lowest BCUT2D eigenvalue weighted by atomic mass is 10.0. The molecule has 1 N–H and O–H groups in total. The van der Waals surface area contributed by atoms with E-state index in [1.165, 1.54) is 0 Å². The van der Waals surface area contributed by atoms with Crippen LogP contribution in [0.25, 0.3) is 0 Å². The Kier molecular flexibility index (Phi) is 4.47. The first kappa shape index (κ1) is 14.3. The second-order valence-corrected chi connectivity index (χ2v) is 5.03. The number of hydrogen-bond donors (Lipinski definition) is 1. The molecule has 3 heteroatoms. The minimum Gasteiger partial charge on any atom is -0.489 e. The fourth-order valence-electron chi connectivity index (χ4n) is 2.25. The smallest absolute Gasteiger partial charge is 0.120 e. The van der Waals surface area contributed by atoms with Crippen molar-refractivity contribution in [3.05, 3.63) is 95.8 Å². The van der Waals surface area contributed by atoms with Crippen molar-refractivity contribution in [2.45, 2.75) is 12.7 Å². The average molecular weight is 291 g/mol. The molecule has 0 aliphatic carbocycles. The maximum atomic E-state index is 10.4. The number of pyridine rings is 1. The summed E-state index contributed by atoms with van der Waals surface area (Å²) in [5, 5.41) is 10.4. The Labute approximate surface area is 129 Å². The third-order valence-corrected chi connectivity index (χ3v) is 3.44. The molecule has 110 valence electrons. The van der Waals surface area contributed by atoms with Crippen molar-refractivity contribution in [3.63, 3.8) is 0 Å². The molecule has 0 saturated carbocycles. The largest absolute Gasteiger partial charge is 0.489 e. The summed E-state index contributed by atoms with van der Waals surface area (Å²) in [6.07, 6.45) is 2.67. The first-order valence-electron chi connectivity index (χ1n) is 7.17. The number of hydrogen-bond acceptors (Lipinski definition) is 3. The lowest BCUT2D eigenvalue weighted by molar-refractivity contribution is 0.219. The zero-order valence-corrected chi connectivity index (χ0v) is 12.1. The van der Waals surface area contributed by atoms with Gasteiger partial charge in [0.05, 0.1) is 0 Å². The van der Waals surface area contributed by atoms with E-state index >= 15 is 0 Å². The fraction of sp³-hybridized carbons (Fsp3) is 0.105. The Morgan fingerprint density at radius 1 is 0.864 bits per heavy atom. The predicted octanol–water partition coefficient (Wildman–Crippen LogP) is 3.74. The van der Waals surface area contributed by atoms with Crippen molar-refractivity contribution >= 4 is 0 Å². The Morgan fingerprint density at radius 2 is 1.64 bits per heavy atom. The highest BCUT2D eigenvalue weighted by molar-refractivity contribution is 5.34. The topological polar surface area (TPSA) is 42.4 Å². The molecular formula is C19H17NO2. The standard InChI is InChI=1S/C19H17NO2/c21-19(16-9-11-20-12-10-16)17-7-4-8-18(13-17)22-14-15-5-2-1-3-6-15/h1-13,19,21H,14H2. The van der Waals surface area contributed by atoms with Gasteiger partial charge in [0, 0.05) is 12.4 Å². The van der Waals surface area contributed by atoms with Gasteiger partial charge in [-0.2, -0.15) is 0 Å². The maximum Gasteiger partial charge on any atom is 0.120 e. The molecule has 0 fully saturated rings. The Morgan fingerprint density at radius 3 is 2.41 bits per heavy atom. The lowest BCUT2D eigenvalue weighted by Crippen LogP contribution is -2.01. The SMILES string of the molecule is OC(c1ccncc1)c1cccc(OCc2ccccc2)c1. The second-order valence-electron chi connectivity index (χ2n) is 5.03. The normalized spacial score (nSPS) is 11.9. The van der Waals surface area contributed by atoms with E-state index in [1.54, 1.807) is 12.4 Å². The quantitative estimate of drug-likeness (QED) is 0.778. The molecule has 1 atom stereocenters. The molecular weight excluding hydrogens is 274 g/mol. The summed E-state index contributed by atoms with van der Waals surface area (Å²) in [5.74, 6) is 0.745. The van der Waals surface area contributed by atoms with E-state index < -0.39 is 6.10 Å². The summed E-state index contributed by atoms with van der Waals surface area (Å²) in [5.41, 5.74) is 2.73. The van der Waals surface area contributed by atoms with Crippen LogP contribution in [0, 0.1) is 0 Å². The first-order chi connectivity index (χ1) is 10.8. The van der Waals surface area contributed by atoms with Crippen LogP contribution in [-0.2, 0) is 6.61 Å². The molecule has 1 aromatic heterocycles. The van der Waals surface area contributed by atoms with Crippen LogP contribution in [0.5, 0.6) is 5.75 Å². The molecule has 3 rings (SSSR count). The highest BCUT2D eigenvalue weighted by Crippen LogP contribution is 2.25. The lowest BCUT2D eigenvalue weighted by Gasteiger charge is -2.13. The number of rotatable bonds is 5. The van der Waals surface area contributed by atoms with Crippen LogP contribution in [-0.4, -0.2) is 10.1 Å². The van der Waals surface area contributed by atoms with Crippen LogP contribution < -0.4 is 4.74 Å². The zero-order valence-electron chi connectivity index (χ0n) is 12.1. The Hall–Kier alpha value is -2.65. The van der Waals surface area contributed by atoms with Gasteiger partial charge in [-0.25, -0.2) is 0 Å². The molecule has 3 aromatic rings. The van der Waals surface area contributed by atoms with Gasteiger partial charge in [0.1, 0.15) is 18.5 Å². The van der Waals surface area contributed by atoms with Crippen molar-refractivity contribution in [2.24, 2.45) is 0 Å². The molecule has 0 bridgehead atoms. The van der Waals surface area contributed by atoms with Crippen molar-refractivity contribution < 1.29 is 9.84 Å². The Bertz CT molecular complexity index is 714. The summed E-state index contributed by atoms with van der Waals surface area (Å²) in [4.78, 5) is 3.97. The van der Waals surface area contributed by atoms with Crippen LogP contribution in [0.2, 0.25) is 0 Å². The van der Waals surface area contributed by atoms with E-state index in [0.29, 0.717) is 6.61 Å². The molecule has 0 saturated heterocycles. The summed E-state index contributed by atoms with van der Waals surface area (Å²) >= 11 is 0. The number of nitrogens with zero attached hydrogens (tertiary/aromatic N) is 1. The number of aliphatic hydroxyl groups is 1. The van der Waals surface area contributed by atoms with Crippen molar-refractivity contribution in [2.75, 3.05) is 0 Å². The Balaban J connectivity index is 1.72.